The third-order valence-corrected chi connectivity index (χ3v) is 3.77. The van der Waals surface area contributed by atoms with E-state index in [0.29, 0.717) is 18.7 Å². The molecule has 1 rings (SSSR count). The van der Waals surface area contributed by atoms with E-state index < -0.39 is 16.1 Å². The lowest BCUT2D eigenvalue weighted by Gasteiger charge is -2.09. The fourth-order valence-corrected chi connectivity index (χ4v) is 2.48. The maximum Gasteiger partial charge on any atom is 0.240 e. The van der Waals surface area contributed by atoms with E-state index in [-0.39, 0.29) is 11.4 Å². The quantitative estimate of drug-likeness (QED) is 0.602. The second kappa shape index (κ2) is 7.21. The van der Waals surface area contributed by atoms with Gasteiger partial charge in [-0.2, -0.15) is 5.26 Å². The highest BCUT2D eigenvalue weighted by Crippen LogP contribution is 2.10. The lowest BCUT2D eigenvalue weighted by atomic mass is 10.2. The fraction of sp³-hybridized carbons (Fsp3) is 0.417. The summed E-state index contributed by atoms with van der Waals surface area (Å²) in [5.74, 6) is 0. The minimum absolute atomic E-state index is 0.0714. The average Bonchev–Trinajstić information content (AvgIpc) is 2.38. The first-order valence-corrected chi connectivity index (χ1v) is 7.32. The number of aliphatic hydroxyl groups excluding tert-OH is 1. The lowest BCUT2D eigenvalue weighted by molar-refractivity contribution is 0.192. The van der Waals surface area contributed by atoms with Gasteiger partial charge in [0.15, 0.2) is 0 Å². The Kier molecular flexibility index (Phi) is 5.92. The molecule has 1 aromatic carbocycles. The standard InChI is InChI=1S/C12H17N3O3S/c1-10(16)9-14-5-6-15-19(17,18)12-4-2-3-11(7-12)8-13/h2-4,7,10,14-16H,5-6,9H2,1H3. The van der Waals surface area contributed by atoms with Gasteiger partial charge >= 0.3 is 0 Å². The van der Waals surface area contributed by atoms with Crippen molar-refractivity contribution in [1.29, 1.82) is 5.26 Å². The monoisotopic (exact) mass is 283 g/mol. The summed E-state index contributed by atoms with van der Waals surface area (Å²) in [6.07, 6.45) is -0.469. The van der Waals surface area contributed by atoms with Gasteiger partial charge < -0.3 is 10.4 Å². The van der Waals surface area contributed by atoms with Crippen LogP contribution >= 0.6 is 0 Å². The molecule has 0 saturated carbocycles. The molecule has 0 fully saturated rings. The number of rotatable bonds is 7. The summed E-state index contributed by atoms with van der Waals surface area (Å²) in [6, 6.07) is 7.73. The van der Waals surface area contributed by atoms with Crippen LogP contribution in [0.2, 0.25) is 0 Å². The van der Waals surface area contributed by atoms with E-state index in [1.165, 1.54) is 18.2 Å². The van der Waals surface area contributed by atoms with Crippen LogP contribution in [0.5, 0.6) is 0 Å². The van der Waals surface area contributed by atoms with Crippen LogP contribution in [0.3, 0.4) is 0 Å². The van der Waals surface area contributed by atoms with Crippen molar-refractivity contribution in [1.82, 2.24) is 10.0 Å². The van der Waals surface area contributed by atoms with Crippen LogP contribution in [0, 0.1) is 11.3 Å². The SMILES string of the molecule is CC(O)CNCCNS(=O)(=O)c1cccc(C#N)c1. The van der Waals surface area contributed by atoms with Crippen molar-refractivity contribution in [2.75, 3.05) is 19.6 Å². The van der Waals surface area contributed by atoms with E-state index in [1.54, 1.807) is 13.0 Å². The molecular weight excluding hydrogens is 266 g/mol. The Hall–Kier alpha value is -1.46. The van der Waals surface area contributed by atoms with Crippen LogP contribution in [0.25, 0.3) is 0 Å². The smallest absolute Gasteiger partial charge is 0.240 e. The molecule has 0 aliphatic rings. The summed E-state index contributed by atoms with van der Waals surface area (Å²) < 4.78 is 26.2. The highest BCUT2D eigenvalue weighted by Gasteiger charge is 2.13. The van der Waals surface area contributed by atoms with Crippen molar-refractivity contribution in [2.45, 2.75) is 17.9 Å². The van der Waals surface area contributed by atoms with Crippen LogP contribution in [0.1, 0.15) is 12.5 Å². The first kappa shape index (κ1) is 15.6. The Balaban J connectivity index is 2.54. The molecule has 0 radical (unpaired) electrons. The molecule has 0 aliphatic heterocycles. The van der Waals surface area contributed by atoms with Crippen molar-refractivity contribution in [3.05, 3.63) is 29.8 Å². The number of nitrogens with one attached hydrogen (secondary N) is 2. The number of sulfonamides is 1. The van der Waals surface area contributed by atoms with Gasteiger partial charge in [0.2, 0.25) is 10.0 Å². The average molecular weight is 283 g/mol. The molecule has 19 heavy (non-hydrogen) atoms. The Morgan fingerprint density at radius 2 is 2.16 bits per heavy atom. The van der Waals surface area contributed by atoms with E-state index in [0.717, 1.165) is 0 Å². The Morgan fingerprint density at radius 1 is 1.42 bits per heavy atom. The molecule has 0 heterocycles. The van der Waals surface area contributed by atoms with Crippen LogP contribution < -0.4 is 10.0 Å². The van der Waals surface area contributed by atoms with Gasteiger partial charge in [0.25, 0.3) is 0 Å². The molecule has 0 aliphatic carbocycles. The lowest BCUT2D eigenvalue weighted by Crippen LogP contribution is -2.34. The summed E-state index contributed by atoms with van der Waals surface area (Å²) >= 11 is 0. The molecule has 0 spiro atoms. The molecule has 3 N–H and O–H groups in total. The third kappa shape index (κ3) is 5.36. The van der Waals surface area contributed by atoms with Crippen molar-refractivity contribution < 1.29 is 13.5 Å². The Morgan fingerprint density at radius 3 is 2.79 bits per heavy atom. The first-order valence-electron chi connectivity index (χ1n) is 5.84. The van der Waals surface area contributed by atoms with Gasteiger partial charge in [-0.15, -0.1) is 0 Å². The zero-order valence-electron chi connectivity index (χ0n) is 10.6. The molecule has 0 bridgehead atoms. The number of aliphatic hydroxyl groups is 1. The van der Waals surface area contributed by atoms with Gasteiger partial charge in [-0.3, -0.25) is 0 Å². The molecule has 0 aromatic heterocycles. The van der Waals surface area contributed by atoms with Crippen LogP contribution in [-0.2, 0) is 10.0 Å². The topological polar surface area (TPSA) is 102 Å². The van der Waals surface area contributed by atoms with E-state index in [9.17, 15) is 8.42 Å². The number of nitrogens with zero attached hydrogens (tertiary/aromatic N) is 1. The van der Waals surface area contributed by atoms with Crippen molar-refractivity contribution in [3.8, 4) is 6.07 Å². The summed E-state index contributed by atoms with van der Waals surface area (Å²) in [6.45, 7) is 2.68. The number of nitriles is 1. The predicted molar refractivity (Wildman–Crippen MR) is 70.9 cm³/mol. The molecule has 1 atom stereocenters. The molecule has 7 heteroatoms. The highest BCUT2D eigenvalue weighted by molar-refractivity contribution is 7.89. The zero-order chi connectivity index (χ0) is 14.3. The van der Waals surface area contributed by atoms with E-state index >= 15 is 0 Å². The van der Waals surface area contributed by atoms with Crippen LogP contribution in [0.15, 0.2) is 29.2 Å². The van der Waals surface area contributed by atoms with Crippen molar-refractivity contribution >= 4 is 10.0 Å². The van der Waals surface area contributed by atoms with Gasteiger partial charge in [0.1, 0.15) is 0 Å². The van der Waals surface area contributed by atoms with Gasteiger partial charge in [0.05, 0.1) is 22.6 Å². The third-order valence-electron chi connectivity index (χ3n) is 2.31. The summed E-state index contributed by atoms with van der Waals surface area (Å²) in [5, 5.41) is 20.6. The fourth-order valence-electron chi connectivity index (χ4n) is 1.40. The van der Waals surface area contributed by atoms with Gasteiger partial charge in [-0.1, -0.05) is 6.07 Å². The maximum absolute atomic E-state index is 11.9. The number of benzene rings is 1. The summed E-state index contributed by atoms with van der Waals surface area (Å²) in [7, 11) is -3.60. The van der Waals surface area contributed by atoms with Crippen LogP contribution in [-0.4, -0.2) is 39.3 Å². The molecule has 6 nitrogen and oxygen atoms in total. The zero-order valence-corrected chi connectivity index (χ0v) is 11.4. The van der Waals surface area contributed by atoms with Gasteiger partial charge in [-0.25, -0.2) is 13.1 Å². The van der Waals surface area contributed by atoms with Crippen LogP contribution in [0.4, 0.5) is 0 Å². The molecule has 0 saturated heterocycles. The molecule has 1 unspecified atom stereocenters. The first-order chi connectivity index (χ1) is 8.95. The number of hydrogen-bond donors (Lipinski definition) is 3. The normalized spacial score (nSPS) is 12.9. The highest BCUT2D eigenvalue weighted by atomic mass is 32.2. The molecule has 104 valence electrons. The molecule has 1 aromatic rings. The van der Waals surface area contributed by atoms with Gasteiger partial charge in [-0.05, 0) is 25.1 Å². The van der Waals surface area contributed by atoms with E-state index in [4.69, 9.17) is 10.4 Å². The minimum Gasteiger partial charge on any atom is -0.392 e. The van der Waals surface area contributed by atoms with Crippen molar-refractivity contribution in [3.63, 3.8) is 0 Å². The minimum atomic E-state index is -3.60. The largest absolute Gasteiger partial charge is 0.392 e. The van der Waals surface area contributed by atoms with Crippen molar-refractivity contribution in [2.24, 2.45) is 0 Å². The molecular formula is C12H17N3O3S. The number of hydrogen-bond acceptors (Lipinski definition) is 5. The Bertz CT molecular complexity index is 550. The van der Waals surface area contributed by atoms with E-state index in [2.05, 4.69) is 10.0 Å². The maximum atomic E-state index is 11.9. The Labute approximate surface area is 113 Å². The summed E-state index contributed by atoms with van der Waals surface area (Å²) in [5.41, 5.74) is 0.301. The second-order valence-corrected chi connectivity index (χ2v) is 5.86. The summed E-state index contributed by atoms with van der Waals surface area (Å²) in [4.78, 5) is 0.0714. The second-order valence-electron chi connectivity index (χ2n) is 4.09. The van der Waals surface area contributed by atoms with Gasteiger partial charge in [0, 0.05) is 19.6 Å². The van der Waals surface area contributed by atoms with E-state index in [1.807, 2.05) is 6.07 Å². The molecule has 0 amide bonds. The predicted octanol–water partition coefficient (Wildman–Crippen LogP) is -0.193.